The molecule has 1 aliphatic heterocycles. The van der Waals surface area contributed by atoms with Crippen LogP contribution in [0.2, 0.25) is 0 Å². The van der Waals surface area contributed by atoms with Crippen molar-refractivity contribution < 1.29 is 24.8 Å². The first-order valence-electron chi connectivity index (χ1n) is 3.80. The summed E-state index contributed by atoms with van der Waals surface area (Å²) in [5.74, 6) is 0. The Bertz CT molecular complexity index is 151. The van der Waals surface area contributed by atoms with Gasteiger partial charge in [-0.25, -0.2) is 0 Å². The molecular formula is C7H14O5. The zero-order valence-electron chi connectivity index (χ0n) is 7.04. The van der Waals surface area contributed by atoms with Gasteiger partial charge in [-0.15, -0.1) is 0 Å². The van der Waals surface area contributed by atoms with Crippen molar-refractivity contribution in [2.24, 2.45) is 0 Å². The van der Waals surface area contributed by atoms with E-state index in [2.05, 4.69) is 0 Å². The summed E-state index contributed by atoms with van der Waals surface area (Å²) in [6.45, 7) is 1.57. The Morgan fingerprint density at radius 3 is 2.25 bits per heavy atom. The normalized spacial score (nSPS) is 49.2. The van der Waals surface area contributed by atoms with Crippen LogP contribution in [-0.4, -0.2) is 53.1 Å². The summed E-state index contributed by atoms with van der Waals surface area (Å²) in [6, 6.07) is 0. The average Bonchev–Trinajstić information content (AvgIpc) is 2.01. The minimum Gasteiger partial charge on any atom is -0.388 e. The molecule has 72 valence electrons. The minimum absolute atomic E-state index is 0.582. The molecule has 0 bridgehead atoms. The fraction of sp³-hybridized carbons (Fsp3) is 1.00. The van der Waals surface area contributed by atoms with Gasteiger partial charge >= 0.3 is 0 Å². The quantitative estimate of drug-likeness (QED) is 0.453. The monoisotopic (exact) mass is 178 g/mol. The van der Waals surface area contributed by atoms with Crippen LogP contribution in [0, 0.1) is 0 Å². The molecule has 1 heterocycles. The highest BCUT2D eigenvalue weighted by Gasteiger charge is 2.41. The largest absolute Gasteiger partial charge is 0.388 e. The lowest BCUT2D eigenvalue weighted by atomic mass is 10.00. The minimum atomic E-state index is -1.18. The van der Waals surface area contributed by atoms with Crippen molar-refractivity contribution in [3.05, 3.63) is 0 Å². The van der Waals surface area contributed by atoms with E-state index in [9.17, 15) is 15.3 Å². The van der Waals surface area contributed by atoms with Crippen molar-refractivity contribution in [1.29, 1.82) is 0 Å². The maximum atomic E-state index is 9.36. The van der Waals surface area contributed by atoms with Crippen LogP contribution in [0.25, 0.3) is 0 Å². The van der Waals surface area contributed by atoms with Gasteiger partial charge < -0.3 is 24.8 Å². The molecule has 0 unspecified atom stereocenters. The highest BCUT2D eigenvalue weighted by molar-refractivity contribution is 4.87. The average molecular weight is 178 g/mol. The number of hydrogen-bond donors (Lipinski definition) is 3. The second kappa shape index (κ2) is 3.68. The molecule has 5 atom stereocenters. The molecule has 5 heteroatoms. The van der Waals surface area contributed by atoms with Crippen LogP contribution in [0.5, 0.6) is 0 Å². The van der Waals surface area contributed by atoms with E-state index in [-0.39, 0.29) is 0 Å². The smallest absolute Gasteiger partial charge is 0.184 e. The molecule has 0 aromatic carbocycles. The van der Waals surface area contributed by atoms with Gasteiger partial charge in [0.25, 0.3) is 0 Å². The highest BCUT2D eigenvalue weighted by atomic mass is 16.7. The third-order valence-corrected chi connectivity index (χ3v) is 2.07. The molecule has 0 radical (unpaired) electrons. The maximum Gasteiger partial charge on any atom is 0.184 e. The van der Waals surface area contributed by atoms with Crippen molar-refractivity contribution in [3.63, 3.8) is 0 Å². The first-order valence-corrected chi connectivity index (χ1v) is 3.80. The van der Waals surface area contributed by atoms with Gasteiger partial charge in [0, 0.05) is 7.11 Å². The summed E-state index contributed by atoms with van der Waals surface area (Å²) >= 11 is 0. The van der Waals surface area contributed by atoms with Crippen LogP contribution in [0.15, 0.2) is 0 Å². The summed E-state index contributed by atoms with van der Waals surface area (Å²) in [6.07, 6.45) is -4.76. The second-order valence-corrected chi connectivity index (χ2v) is 2.91. The molecule has 1 rings (SSSR count). The first kappa shape index (κ1) is 9.88. The van der Waals surface area contributed by atoms with Gasteiger partial charge in [-0.2, -0.15) is 0 Å². The van der Waals surface area contributed by atoms with E-state index in [1.165, 1.54) is 7.11 Å². The number of aliphatic hydroxyl groups excluding tert-OH is 3. The summed E-state index contributed by atoms with van der Waals surface area (Å²) in [4.78, 5) is 0. The molecule has 0 aromatic heterocycles. The van der Waals surface area contributed by atoms with E-state index in [0.29, 0.717) is 0 Å². The summed E-state index contributed by atoms with van der Waals surface area (Å²) in [5, 5.41) is 27.9. The maximum absolute atomic E-state index is 9.36. The third-order valence-electron chi connectivity index (χ3n) is 2.07. The molecule has 5 nitrogen and oxygen atoms in total. The number of aliphatic hydroxyl groups is 3. The van der Waals surface area contributed by atoms with Crippen molar-refractivity contribution in [3.8, 4) is 0 Å². The van der Waals surface area contributed by atoms with Gasteiger partial charge in [0.05, 0.1) is 6.10 Å². The number of hydrogen-bond acceptors (Lipinski definition) is 5. The van der Waals surface area contributed by atoms with Gasteiger partial charge in [-0.1, -0.05) is 0 Å². The van der Waals surface area contributed by atoms with Gasteiger partial charge in [-0.3, -0.25) is 0 Å². The molecule has 0 aromatic rings. The molecule has 0 aliphatic carbocycles. The highest BCUT2D eigenvalue weighted by Crippen LogP contribution is 2.20. The van der Waals surface area contributed by atoms with Crippen LogP contribution in [0.3, 0.4) is 0 Å². The fourth-order valence-corrected chi connectivity index (χ4v) is 1.27. The van der Waals surface area contributed by atoms with Gasteiger partial charge in [0.1, 0.15) is 18.3 Å². The molecule has 0 saturated carbocycles. The summed E-state index contributed by atoms with van der Waals surface area (Å²) < 4.78 is 9.64. The topological polar surface area (TPSA) is 79.2 Å². The Labute approximate surface area is 70.5 Å². The molecule has 0 spiro atoms. The van der Waals surface area contributed by atoms with Gasteiger partial charge in [-0.05, 0) is 6.92 Å². The second-order valence-electron chi connectivity index (χ2n) is 2.91. The Morgan fingerprint density at radius 2 is 1.75 bits per heavy atom. The Hall–Kier alpha value is -0.200. The van der Waals surface area contributed by atoms with E-state index in [0.717, 1.165) is 0 Å². The lowest BCUT2D eigenvalue weighted by Gasteiger charge is -2.38. The molecule has 1 saturated heterocycles. The standard InChI is InChI=1S/C7H14O5/c1-3-4(8)5(9)6(11-2)7(10)12-3/h3-10H,1-2H3/t3-,4-,5+,6+,7+/m0/s1. The van der Waals surface area contributed by atoms with E-state index in [1.54, 1.807) is 6.92 Å². The molecule has 3 N–H and O–H groups in total. The number of methoxy groups -OCH3 is 1. The SMILES string of the molecule is CO[C@@H]1[C@H](O)[C@@H](O)[C@H](C)O[C@H]1O. The van der Waals surface area contributed by atoms with Crippen LogP contribution in [0.1, 0.15) is 6.92 Å². The lowest BCUT2D eigenvalue weighted by molar-refractivity contribution is -0.283. The van der Waals surface area contributed by atoms with E-state index >= 15 is 0 Å². The predicted molar refractivity (Wildman–Crippen MR) is 39.4 cm³/mol. The van der Waals surface area contributed by atoms with Crippen LogP contribution < -0.4 is 0 Å². The number of rotatable bonds is 1. The van der Waals surface area contributed by atoms with Crippen LogP contribution >= 0.6 is 0 Å². The molecule has 0 amide bonds. The first-order chi connectivity index (χ1) is 5.57. The zero-order valence-corrected chi connectivity index (χ0v) is 7.04. The van der Waals surface area contributed by atoms with E-state index in [1.807, 2.05) is 0 Å². The molecule has 1 aliphatic rings. The molecule has 1 fully saturated rings. The zero-order chi connectivity index (χ0) is 9.30. The third kappa shape index (κ3) is 1.60. The van der Waals surface area contributed by atoms with E-state index < -0.39 is 30.7 Å². The number of ether oxygens (including phenoxy) is 2. The molecule has 12 heavy (non-hydrogen) atoms. The van der Waals surface area contributed by atoms with Gasteiger partial charge in [0.15, 0.2) is 6.29 Å². The van der Waals surface area contributed by atoms with Crippen molar-refractivity contribution in [1.82, 2.24) is 0 Å². The lowest BCUT2D eigenvalue weighted by Crippen LogP contribution is -2.57. The predicted octanol–water partition coefficient (Wildman–Crippen LogP) is -1.54. The van der Waals surface area contributed by atoms with Crippen molar-refractivity contribution >= 4 is 0 Å². The summed E-state index contributed by atoms with van der Waals surface area (Å²) in [5.41, 5.74) is 0. The van der Waals surface area contributed by atoms with Crippen molar-refractivity contribution in [2.75, 3.05) is 7.11 Å². The Kier molecular flexibility index (Phi) is 3.03. The van der Waals surface area contributed by atoms with Crippen LogP contribution in [-0.2, 0) is 9.47 Å². The Morgan fingerprint density at radius 1 is 1.17 bits per heavy atom. The molecular weight excluding hydrogens is 164 g/mol. The van der Waals surface area contributed by atoms with Crippen molar-refractivity contribution in [2.45, 2.75) is 37.6 Å². The fourth-order valence-electron chi connectivity index (χ4n) is 1.27. The van der Waals surface area contributed by atoms with Crippen LogP contribution in [0.4, 0.5) is 0 Å². The van der Waals surface area contributed by atoms with Gasteiger partial charge in [0.2, 0.25) is 0 Å². The Balaban J connectivity index is 2.65. The summed E-state index contributed by atoms with van der Waals surface area (Å²) in [7, 11) is 1.34. The van der Waals surface area contributed by atoms with E-state index in [4.69, 9.17) is 9.47 Å².